The molecule has 21 heavy (non-hydrogen) atoms. The maximum Gasteiger partial charge on any atom is 0.165 e. The van der Waals surface area contributed by atoms with Crippen molar-refractivity contribution in [2.75, 3.05) is 34.0 Å². The molecule has 1 atom stereocenters. The zero-order valence-electron chi connectivity index (χ0n) is 13.4. The van der Waals surface area contributed by atoms with E-state index in [0.717, 1.165) is 11.3 Å². The third-order valence-electron chi connectivity index (χ3n) is 2.94. The molecule has 120 valence electrons. The SMILES string of the molecule is COc1cccc(CNCC(O)COCC(C)C)c1OC. The highest BCUT2D eigenvalue weighted by Crippen LogP contribution is 2.30. The number of para-hydroxylation sites is 1. The van der Waals surface area contributed by atoms with Crippen LogP contribution < -0.4 is 14.8 Å². The molecule has 5 nitrogen and oxygen atoms in total. The quantitative estimate of drug-likeness (QED) is 0.690. The van der Waals surface area contributed by atoms with Crippen LogP contribution >= 0.6 is 0 Å². The second-order valence-corrected chi connectivity index (χ2v) is 5.37. The molecule has 0 spiro atoms. The number of aliphatic hydroxyl groups excluding tert-OH is 1. The first-order valence-electron chi connectivity index (χ1n) is 7.24. The van der Waals surface area contributed by atoms with Crippen molar-refractivity contribution in [1.82, 2.24) is 5.32 Å². The van der Waals surface area contributed by atoms with Gasteiger partial charge in [0.25, 0.3) is 0 Å². The molecule has 0 saturated heterocycles. The van der Waals surface area contributed by atoms with Crippen LogP contribution in [0.5, 0.6) is 11.5 Å². The van der Waals surface area contributed by atoms with Gasteiger partial charge in [-0.05, 0) is 12.0 Å². The fourth-order valence-electron chi connectivity index (χ4n) is 1.97. The Morgan fingerprint density at radius 1 is 1.14 bits per heavy atom. The van der Waals surface area contributed by atoms with Crippen molar-refractivity contribution in [3.8, 4) is 11.5 Å². The molecule has 0 radical (unpaired) electrons. The van der Waals surface area contributed by atoms with E-state index in [4.69, 9.17) is 14.2 Å². The van der Waals surface area contributed by atoms with Crippen molar-refractivity contribution >= 4 is 0 Å². The zero-order valence-corrected chi connectivity index (χ0v) is 13.4. The molecular weight excluding hydrogens is 270 g/mol. The summed E-state index contributed by atoms with van der Waals surface area (Å²) in [6, 6.07) is 5.74. The van der Waals surface area contributed by atoms with Gasteiger partial charge in [-0.2, -0.15) is 0 Å². The Balaban J connectivity index is 2.38. The summed E-state index contributed by atoms with van der Waals surface area (Å²) in [4.78, 5) is 0. The van der Waals surface area contributed by atoms with Gasteiger partial charge in [0.2, 0.25) is 0 Å². The van der Waals surface area contributed by atoms with E-state index in [9.17, 15) is 5.11 Å². The Morgan fingerprint density at radius 3 is 2.52 bits per heavy atom. The summed E-state index contributed by atoms with van der Waals surface area (Å²) in [7, 11) is 3.24. The Morgan fingerprint density at radius 2 is 1.90 bits per heavy atom. The minimum absolute atomic E-state index is 0.348. The summed E-state index contributed by atoms with van der Waals surface area (Å²) in [5.41, 5.74) is 0.993. The number of ether oxygens (including phenoxy) is 3. The third kappa shape index (κ3) is 6.33. The number of rotatable bonds is 10. The van der Waals surface area contributed by atoms with Crippen LogP contribution in [0, 0.1) is 5.92 Å². The van der Waals surface area contributed by atoms with Gasteiger partial charge in [-0.25, -0.2) is 0 Å². The Hall–Kier alpha value is -1.30. The molecule has 2 N–H and O–H groups in total. The van der Waals surface area contributed by atoms with Crippen molar-refractivity contribution in [2.45, 2.75) is 26.5 Å². The van der Waals surface area contributed by atoms with Gasteiger partial charge in [-0.1, -0.05) is 26.0 Å². The maximum absolute atomic E-state index is 9.82. The number of benzene rings is 1. The highest BCUT2D eigenvalue weighted by Gasteiger charge is 2.10. The number of hydrogen-bond donors (Lipinski definition) is 2. The van der Waals surface area contributed by atoms with Crippen LogP contribution in [-0.2, 0) is 11.3 Å². The van der Waals surface area contributed by atoms with Crippen molar-refractivity contribution in [3.05, 3.63) is 23.8 Å². The van der Waals surface area contributed by atoms with Crippen molar-refractivity contribution in [1.29, 1.82) is 0 Å². The summed E-state index contributed by atoms with van der Waals surface area (Å²) in [6.07, 6.45) is -0.514. The lowest BCUT2D eigenvalue weighted by Gasteiger charge is -2.15. The first kappa shape index (κ1) is 17.8. The number of hydrogen-bond acceptors (Lipinski definition) is 5. The molecule has 0 aromatic heterocycles. The van der Waals surface area contributed by atoms with Crippen LogP contribution in [0.1, 0.15) is 19.4 Å². The van der Waals surface area contributed by atoms with Gasteiger partial charge in [0.15, 0.2) is 11.5 Å². The van der Waals surface area contributed by atoms with Crippen LogP contribution in [-0.4, -0.2) is 45.2 Å². The second kappa shape index (κ2) is 9.60. The summed E-state index contributed by atoms with van der Waals surface area (Å²) in [5.74, 6) is 1.90. The molecule has 1 aromatic rings. The fourth-order valence-corrected chi connectivity index (χ4v) is 1.97. The van der Waals surface area contributed by atoms with E-state index in [2.05, 4.69) is 19.2 Å². The van der Waals surface area contributed by atoms with Crippen molar-refractivity contribution in [2.24, 2.45) is 5.92 Å². The van der Waals surface area contributed by atoms with Gasteiger partial charge < -0.3 is 24.6 Å². The molecule has 0 aliphatic carbocycles. The fraction of sp³-hybridized carbons (Fsp3) is 0.625. The molecule has 0 heterocycles. The molecule has 1 aromatic carbocycles. The van der Waals surface area contributed by atoms with Crippen molar-refractivity contribution < 1.29 is 19.3 Å². The normalized spacial score (nSPS) is 12.5. The molecule has 0 saturated carbocycles. The average molecular weight is 297 g/mol. The van der Waals surface area contributed by atoms with Gasteiger partial charge in [-0.15, -0.1) is 0 Å². The first-order valence-corrected chi connectivity index (χ1v) is 7.24. The number of nitrogens with one attached hydrogen (secondary N) is 1. The maximum atomic E-state index is 9.82. The van der Waals surface area contributed by atoms with Crippen LogP contribution in [0.2, 0.25) is 0 Å². The minimum Gasteiger partial charge on any atom is -0.493 e. The van der Waals surface area contributed by atoms with Crippen LogP contribution in [0.15, 0.2) is 18.2 Å². The Bertz CT molecular complexity index is 409. The smallest absolute Gasteiger partial charge is 0.165 e. The van der Waals surface area contributed by atoms with E-state index in [1.165, 1.54) is 0 Å². The average Bonchev–Trinajstić information content (AvgIpc) is 2.46. The van der Waals surface area contributed by atoms with Gasteiger partial charge >= 0.3 is 0 Å². The second-order valence-electron chi connectivity index (χ2n) is 5.37. The van der Waals surface area contributed by atoms with Gasteiger partial charge in [-0.3, -0.25) is 0 Å². The molecule has 1 unspecified atom stereocenters. The lowest BCUT2D eigenvalue weighted by molar-refractivity contribution is 0.0260. The standard InChI is InChI=1S/C16H27NO4/c1-12(2)10-21-11-14(18)9-17-8-13-6-5-7-15(19-3)16(13)20-4/h5-7,12,14,17-18H,8-11H2,1-4H3. The number of aliphatic hydroxyl groups is 1. The Kier molecular flexibility index (Phi) is 8.12. The molecule has 0 aliphatic heterocycles. The van der Waals surface area contributed by atoms with E-state index in [1.807, 2.05) is 18.2 Å². The molecule has 1 rings (SSSR count). The highest BCUT2D eigenvalue weighted by molar-refractivity contribution is 5.46. The first-order chi connectivity index (χ1) is 10.1. The topological polar surface area (TPSA) is 60.0 Å². The van der Waals surface area contributed by atoms with Gasteiger partial charge in [0.05, 0.1) is 26.9 Å². The summed E-state index contributed by atoms with van der Waals surface area (Å²) in [6.45, 7) is 6.25. The predicted octanol–water partition coefficient (Wildman–Crippen LogP) is 1.83. The van der Waals surface area contributed by atoms with Crippen molar-refractivity contribution in [3.63, 3.8) is 0 Å². The molecule has 0 aliphatic rings. The largest absolute Gasteiger partial charge is 0.493 e. The van der Waals surface area contributed by atoms with E-state index in [1.54, 1.807) is 14.2 Å². The summed E-state index contributed by atoms with van der Waals surface area (Å²) in [5, 5.41) is 13.0. The minimum atomic E-state index is -0.514. The molecule has 0 bridgehead atoms. The predicted molar refractivity (Wildman–Crippen MR) is 82.9 cm³/mol. The molecule has 0 amide bonds. The summed E-state index contributed by atoms with van der Waals surface area (Å²) < 4.78 is 16.0. The van der Waals surface area contributed by atoms with Crippen LogP contribution in [0.4, 0.5) is 0 Å². The number of methoxy groups -OCH3 is 2. The van der Waals surface area contributed by atoms with E-state index < -0.39 is 6.10 Å². The lowest BCUT2D eigenvalue weighted by Crippen LogP contribution is -2.30. The Labute approximate surface area is 127 Å². The third-order valence-corrected chi connectivity index (χ3v) is 2.94. The molecular formula is C16H27NO4. The highest BCUT2D eigenvalue weighted by atomic mass is 16.5. The van der Waals surface area contributed by atoms with Gasteiger partial charge in [0, 0.05) is 25.3 Å². The molecule has 0 fully saturated rings. The van der Waals surface area contributed by atoms with E-state index >= 15 is 0 Å². The zero-order chi connectivity index (χ0) is 15.7. The molecule has 5 heteroatoms. The summed E-state index contributed by atoms with van der Waals surface area (Å²) >= 11 is 0. The monoisotopic (exact) mass is 297 g/mol. The van der Waals surface area contributed by atoms with Crippen LogP contribution in [0.3, 0.4) is 0 Å². The lowest BCUT2D eigenvalue weighted by atomic mass is 10.2. The van der Waals surface area contributed by atoms with E-state index in [-0.39, 0.29) is 0 Å². The van der Waals surface area contributed by atoms with Crippen LogP contribution in [0.25, 0.3) is 0 Å². The van der Waals surface area contributed by atoms with Gasteiger partial charge in [0.1, 0.15) is 0 Å². The van der Waals surface area contributed by atoms with E-state index in [0.29, 0.717) is 38.0 Å².